The molecule has 1 heterocycles. The minimum atomic E-state index is -1.08. The molecule has 0 saturated carbocycles. The van der Waals surface area contributed by atoms with Gasteiger partial charge < -0.3 is 9.67 Å². The monoisotopic (exact) mass is 291 g/mol. The second-order valence-corrected chi connectivity index (χ2v) is 4.67. The van der Waals surface area contributed by atoms with Gasteiger partial charge in [-0.2, -0.15) is 0 Å². The van der Waals surface area contributed by atoms with Crippen molar-refractivity contribution in [2.45, 2.75) is 13.5 Å². The van der Waals surface area contributed by atoms with Crippen molar-refractivity contribution in [1.29, 1.82) is 0 Å². The topological polar surface area (TPSA) is 42.2 Å². The standard InChI is InChI=1S/C11H8Cl3NO2/c1-2-15-8-4-7(13)6(12)3-5(8)9(10(15)14)11(16)17/h3-4H,2H2,1H3,(H,16,17). The predicted octanol–water partition coefficient (Wildman–Crippen LogP) is 4.32. The number of nitrogens with zero attached hydrogens (tertiary/aromatic N) is 1. The zero-order valence-electron chi connectivity index (χ0n) is 8.80. The second kappa shape index (κ2) is 4.41. The van der Waals surface area contributed by atoms with E-state index in [-0.39, 0.29) is 10.7 Å². The van der Waals surface area contributed by atoms with Crippen LogP contribution in [0.15, 0.2) is 12.1 Å². The first-order chi connectivity index (χ1) is 7.97. The molecule has 2 aromatic rings. The Kier molecular flexibility index (Phi) is 3.25. The predicted molar refractivity (Wildman–Crippen MR) is 69.6 cm³/mol. The Hall–Kier alpha value is -0.900. The van der Waals surface area contributed by atoms with Gasteiger partial charge in [-0.1, -0.05) is 34.8 Å². The van der Waals surface area contributed by atoms with Crippen LogP contribution >= 0.6 is 34.8 Å². The van der Waals surface area contributed by atoms with Crippen molar-refractivity contribution < 1.29 is 9.90 Å². The maximum Gasteiger partial charge on any atom is 0.339 e. The Balaban J connectivity index is 2.95. The minimum absolute atomic E-state index is 0.0575. The third-order valence-electron chi connectivity index (χ3n) is 2.57. The molecule has 0 bridgehead atoms. The molecule has 0 aliphatic carbocycles. The molecule has 0 saturated heterocycles. The lowest BCUT2D eigenvalue weighted by molar-refractivity contribution is 0.0699. The van der Waals surface area contributed by atoms with E-state index in [1.807, 2.05) is 6.92 Å². The Morgan fingerprint density at radius 3 is 2.41 bits per heavy atom. The van der Waals surface area contributed by atoms with Gasteiger partial charge in [-0.3, -0.25) is 0 Å². The molecule has 3 nitrogen and oxygen atoms in total. The number of carbonyl (C=O) groups is 1. The van der Waals surface area contributed by atoms with Gasteiger partial charge >= 0.3 is 5.97 Å². The summed E-state index contributed by atoms with van der Waals surface area (Å²) in [5.74, 6) is -1.08. The minimum Gasteiger partial charge on any atom is -0.478 e. The highest BCUT2D eigenvalue weighted by Crippen LogP contribution is 2.35. The number of aromatic carboxylic acids is 1. The van der Waals surface area contributed by atoms with E-state index in [0.717, 1.165) is 0 Å². The lowest BCUT2D eigenvalue weighted by atomic mass is 10.2. The molecular weight excluding hydrogens is 284 g/mol. The summed E-state index contributed by atoms with van der Waals surface area (Å²) in [5, 5.41) is 10.5. The van der Waals surface area contributed by atoms with E-state index < -0.39 is 5.97 Å². The number of carboxylic acids is 1. The summed E-state index contributed by atoms with van der Waals surface area (Å²) < 4.78 is 1.68. The average molecular weight is 293 g/mol. The zero-order chi connectivity index (χ0) is 12.7. The van der Waals surface area contributed by atoms with Crippen LogP contribution in [0, 0.1) is 0 Å². The first kappa shape index (κ1) is 12.6. The van der Waals surface area contributed by atoms with Crippen molar-refractivity contribution in [1.82, 2.24) is 4.57 Å². The summed E-state index contributed by atoms with van der Waals surface area (Å²) in [5.41, 5.74) is 0.728. The third kappa shape index (κ3) is 1.88. The Bertz CT molecular complexity index is 619. The molecule has 0 spiro atoms. The summed E-state index contributed by atoms with van der Waals surface area (Å²) in [6.45, 7) is 2.43. The van der Waals surface area contributed by atoms with Crippen LogP contribution in [0.3, 0.4) is 0 Å². The Morgan fingerprint density at radius 1 is 1.29 bits per heavy atom. The number of carboxylic acid groups (broad SMARTS) is 1. The van der Waals surface area contributed by atoms with Crippen molar-refractivity contribution in [2.24, 2.45) is 0 Å². The smallest absolute Gasteiger partial charge is 0.339 e. The summed E-state index contributed by atoms with van der Waals surface area (Å²) in [4.78, 5) is 11.2. The first-order valence-electron chi connectivity index (χ1n) is 4.87. The number of aryl methyl sites for hydroxylation is 1. The van der Waals surface area contributed by atoms with Crippen LogP contribution in [-0.2, 0) is 6.54 Å². The molecule has 1 aromatic carbocycles. The van der Waals surface area contributed by atoms with Gasteiger partial charge in [0.25, 0.3) is 0 Å². The van der Waals surface area contributed by atoms with Gasteiger partial charge in [-0.15, -0.1) is 0 Å². The average Bonchev–Trinajstić information content (AvgIpc) is 2.50. The maximum absolute atomic E-state index is 11.2. The van der Waals surface area contributed by atoms with Gasteiger partial charge in [0.15, 0.2) is 0 Å². The molecule has 1 aromatic heterocycles. The van der Waals surface area contributed by atoms with Crippen LogP contribution in [-0.4, -0.2) is 15.6 Å². The van der Waals surface area contributed by atoms with E-state index in [2.05, 4.69) is 0 Å². The van der Waals surface area contributed by atoms with Crippen LogP contribution in [0.4, 0.5) is 0 Å². The largest absolute Gasteiger partial charge is 0.478 e. The quantitative estimate of drug-likeness (QED) is 0.895. The van der Waals surface area contributed by atoms with Gasteiger partial charge in [-0.25, -0.2) is 4.79 Å². The van der Waals surface area contributed by atoms with Gasteiger partial charge in [0, 0.05) is 11.9 Å². The van der Waals surface area contributed by atoms with Gasteiger partial charge in [0.1, 0.15) is 10.7 Å². The van der Waals surface area contributed by atoms with Crippen LogP contribution in [0.5, 0.6) is 0 Å². The number of halogens is 3. The molecule has 0 atom stereocenters. The van der Waals surface area contributed by atoms with Crippen LogP contribution in [0.2, 0.25) is 15.2 Å². The van der Waals surface area contributed by atoms with Gasteiger partial charge in [0.2, 0.25) is 0 Å². The zero-order valence-corrected chi connectivity index (χ0v) is 11.1. The molecule has 1 N–H and O–H groups in total. The van der Waals surface area contributed by atoms with E-state index in [1.165, 1.54) is 6.07 Å². The summed E-state index contributed by atoms with van der Waals surface area (Å²) in [7, 11) is 0. The highest BCUT2D eigenvalue weighted by molar-refractivity contribution is 6.43. The number of hydrogen-bond donors (Lipinski definition) is 1. The van der Waals surface area contributed by atoms with E-state index in [4.69, 9.17) is 39.9 Å². The summed E-state index contributed by atoms with van der Waals surface area (Å²) >= 11 is 17.9. The first-order valence-corrected chi connectivity index (χ1v) is 6.00. The number of benzene rings is 1. The van der Waals surface area contributed by atoms with Crippen molar-refractivity contribution in [3.8, 4) is 0 Å². The Labute approximate surface area is 112 Å². The van der Waals surface area contributed by atoms with Crippen molar-refractivity contribution in [3.63, 3.8) is 0 Å². The van der Waals surface area contributed by atoms with Crippen LogP contribution in [0.1, 0.15) is 17.3 Å². The highest BCUT2D eigenvalue weighted by atomic mass is 35.5. The SMILES string of the molecule is CCn1c(Cl)c(C(=O)O)c2cc(Cl)c(Cl)cc21. The Morgan fingerprint density at radius 2 is 1.88 bits per heavy atom. The van der Waals surface area contributed by atoms with Crippen molar-refractivity contribution >= 4 is 51.7 Å². The molecule has 0 aliphatic heterocycles. The number of fused-ring (bicyclic) bond motifs is 1. The van der Waals surface area contributed by atoms with Crippen molar-refractivity contribution in [2.75, 3.05) is 0 Å². The van der Waals surface area contributed by atoms with E-state index >= 15 is 0 Å². The van der Waals surface area contributed by atoms with Crippen molar-refractivity contribution in [3.05, 3.63) is 32.9 Å². The maximum atomic E-state index is 11.2. The third-order valence-corrected chi connectivity index (χ3v) is 3.69. The highest BCUT2D eigenvalue weighted by Gasteiger charge is 2.21. The fourth-order valence-electron chi connectivity index (χ4n) is 1.82. The second-order valence-electron chi connectivity index (χ2n) is 3.50. The molecule has 2 rings (SSSR count). The van der Waals surface area contributed by atoms with E-state index in [1.54, 1.807) is 10.6 Å². The molecule has 0 radical (unpaired) electrons. The van der Waals surface area contributed by atoms with E-state index in [0.29, 0.717) is 27.5 Å². The molecule has 0 aliphatic rings. The fraction of sp³-hybridized carbons (Fsp3) is 0.182. The summed E-state index contributed by atoms with van der Waals surface area (Å²) in [6.07, 6.45) is 0. The normalized spacial score (nSPS) is 11.1. The molecular formula is C11H8Cl3NO2. The molecule has 0 amide bonds. The number of rotatable bonds is 2. The molecule has 17 heavy (non-hydrogen) atoms. The lowest BCUT2D eigenvalue weighted by Crippen LogP contribution is -1.98. The van der Waals surface area contributed by atoms with Gasteiger partial charge in [-0.05, 0) is 19.1 Å². The van der Waals surface area contributed by atoms with Crippen LogP contribution in [0.25, 0.3) is 10.9 Å². The lowest BCUT2D eigenvalue weighted by Gasteiger charge is -2.03. The molecule has 0 fully saturated rings. The molecule has 0 unspecified atom stereocenters. The fourth-order valence-corrected chi connectivity index (χ4v) is 2.54. The number of aromatic nitrogens is 1. The molecule has 90 valence electrons. The van der Waals surface area contributed by atoms with Crippen LogP contribution < -0.4 is 0 Å². The van der Waals surface area contributed by atoms with Gasteiger partial charge in [0.05, 0.1) is 15.6 Å². The number of hydrogen-bond acceptors (Lipinski definition) is 1. The molecule has 6 heteroatoms. The summed E-state index contributed by atoms with van der Waals surface area (Å²) in [6, 6.07) is 3.15. The van der Waals surface area contributed by atoms with E-state index in [9.17, 15) is 4.79 Å².